The zero-order valence-corrected chi connectivity index (χ0v) is 15.4. The fourth-order valence-corrected chi connectivity index (χ4v) is 3.22. The molecule has 0 spiro atoms. The van der Waals surface area contributed by atoms with Crippen molar-refractivity contribution in [2.24, 2.45) is 0 Å². The topological polar surface area (TPSA) is 81.1 Å². The number of rotatable bonds is 4. The van der Waals surface area contributed by atoms with E-state index in [1.54, 1.807) is 9.80 Å². The third kappa shape index (κ3) is 4.78. The minimum atomic E-state index is -0.257. The molecule has 0 radical (unpaired) electrons. The Hall–Kier alpha value is -3.02. The number of phenolic OH excluding ortho intramolecular Hbond substituents is 2. The Labute approximate surface area is 158 Å². The van der Waals surface area contributed by atoms with Crippen LogP contribution in [0.15, 0.2) is 42.5 Å². The summed E-state index contributed by atoms with van der Waals surface area (Å²) in [5.74, 6) is -0.461. The lowest BCUT2D eigenvalue weighted by Gasteiger charge is -2.35. The van der Waals surface area contributed by atoms with Crippen molar-refractivity contribution in [3.05, 3.63) is 59.2 Å². The molecule has 27 heavy (non-hydrogen) atoms. The monoisotopic (exact) mass is 368 g/mol. The minimum Gasteiger partial charge on any atom is -0.508 e. The summed E-state index contributed by atoms with van der Waals surface area (Å²) in [6, 6.07) is 12.0. The first-order chi connectivity index (χ1) is 12.9. The van der Waals surface area contributed by atoms with Crippen LogP contribution in [0, 0.1) is 6.92 Å². The summed E-state index contributed by atoms with van der Waals surface area (Å²) in [5, 5.41) is 19.1. The van der Waals surface area contributed by atoms with Crippen molar-refractivity contribution in [2.45, 2.75) is 19.8 Å². The second-order valence-corrected chi connectivity index (χ2v) is 6.90. The molecule has 1 saturated heterocycles. The first-order valence-corrected chi connectivity index (χ1v) is 9.08. The number of carbonyl (C=O) groups is 2. The highest BCUT2D eigenvalue weighted by Gasteiger charge is 2.25. The maximum atomic E-state index is 12.5. The van der Waals surface area contributed by atoms with Crippen LogP contribution in [0.2, 0.25) is 0 Å². The first kappa shape index (κ1) is 18.8. The number of piperazine rings is 1. The van der Waals surface area contributed by atoms with Crippen LogP contribution in [0.25, 0.3) is 0 Å². The van der Waals surface area contributed by atoms with E-state index >= 15 is 0 Å². The maximum absolute atomic E-state index is 12.5. The first-order valence-electron chi connectivity index (χ1n) is 9.08. The molecule has 142 valence electrons. The Bertz CT molecular complexity index is 804. The third-order valence-electron chi connectivity index (χ3n) is 4.82. The van der Waals surface area contributed by atoms with Crippen LogP contribution in [0.3, 0.4) is 0 Å². The molecule has 0 saturated carbocycles. The predicted octanol–water partition coefficient (Wildman–Crippen LogP) is 2.32. The smallest absolute Gasteiger partial charge is 0.254 e. The number of benzene rings is 2. The molecule has 0 bridgehead atoms. The molecule has 0 aromatic heterocycles. The van der Waals surface area contributed by atoms with E-state index in [1.165, 1.54) is 23.8 Å². The lowest BCUT2D eigenvalue weighted by molar-refractivity contribution is -0.132. The van der Waals surface area contributed by atoms with E-state index in [4.69, 9.17) is 0 Å². The molecule has 2 aromatic carbocycles. The summed E-state index contributed by atoms with van der Waals surface area (Å²) in [4.78, 5) is 28.4. The van der Waals surface area contributed by atoms with Gasteiger partial charge in [0.1, 0.15) is 11.5 Å². The molecule has 0 aliphatic carbocycles. The number of amides is 2. The van der Waals surface area contributed by atoms with Gasteiger partial charge in [-0.2, -0.15) is 0 Å². The van der Waals surface area contributed by atoms with Crippen molar-refractivity contribution in [3.8, 4) is 11.5 Å². The zero-order chi connectivity index (χ0) is 19.4. The van der Waals surface area contributed by atoms with Crippen molar-refractivity contribution >= 4 is 11.8 Å². The molecular formula is C21H24N2O4. The molecule has 0 atom stereocenters. The van der Waals surface area contributed by atoms with Gasteiger partial charge < -0.3 is 20.0 Å². The standard InChI is InChI=1S/C21H24N2O4/c1-15-2-4-16(5-3-15)6-7-20(26)22-8-10-23(11-9-22)21(27)17-12-18(24)14-19(25)13-17/h2-5,12-14,24-25H,6-11H2,1H3. The Morgan fingerprint density at radius 2 is 1.44 bits per heavy atom. The predicted molar refractivity (Wildman–Crippen MR) is 102 cm³/mol. The van der Waals surface area contributed by atoms with Crippen LogP contribution in [-0.2, 0) is 11.2 Å². The molecule has 1 aliphatic heterocycles. The van der Waals surface area contributed by atoms with E-state index in [-0.39, 0.29) is 28.9 Å². The van der Waals surface area contributed by atoms with Crippen LogP contribution >= 0.6 is 0 Å². The molecule has 1 aliphatic rings. The molecule has 1 heterocycles. The number of aryl methyl sites for hydroxylation is 2. The molecule has 2 amide bonds. The van der Waals surface area contributed by atoms with E-state index in [2.05, 4.69) is 0 Å². The number of nitrogens with zero attached hydrogens (tertiary/aromatic N) is 2. The summed E-state index contributed by atoms with van der Waals surface area (Å²) in [7, 11) is 0. The van der Waals surface area contributed by atoms with Crippen molar-refractivity contribution in [3.63, 3.8) is 0 Å². The van der Waals surface area contributed by atoms with Gasteiger partial charge in [-0.25, -0.2) is 0 Å². The van der Waals surface area contributed by atoms with Crippen molar-refractivity contribution in [2.75, 3.05) is 26.2 Å². The Morgan fingerprint density at radius 3 is 2.04 bits per heavy atom. The Balaban J connectivity index is 1.51. The summed E-state index contributed by atoms with van der Waals surface area (Å²) in [6.07, 6.45) is 1.16. The van der Waals surface area contributed by atoms with E-state index < -0.39 is 0 Å². The summed E-state index contributed by atoms with van der Waals surface area (Å²) < 4.78 is 0. The number of phenols is 2. The summed E-state index contributed by atoms with van der Waals surface area (Å²) >= 11 is 0. The zero-order valence-electron chi connectivity index (χ0n) is 15.4. The van der Waals surface area contributed by atoms with Gasteiger partial charge in [-0.1, -0.05) is 29.8 Å². The minimum absolute atomic E-state index is 0.0951. The van der Waals surface area contributed by atoms with Gasteiger partial charge in [-0.15, -0.1) is 0 Å². The average Bonchev–Trinajstić information content (AvgIpc) is 2.66. The Morgan fingerprint density at radius 1 is 0.889 bits per heavy atom. The molecule has 0 unspecified atom stereocenters. The fraction of sp³-hybridized carbons (Fsp3) is 0.333. The van der Waals surface area contributed by atoms with E-state index in [0.717, 1.165) is 5.56 Å². The summed E-state index contributed by atoms with van der Waals surface area (Å²) in [5.41, 5.74) is 2.59. The second kappa shape index (κ2) is 8.12. The van der Waals surface area contributed by atoms with Gasteiger partial charge in [0.2, 0.25) is 5.91 Å². The van der Waals surface area contributed by atoms with Gasteiger partial charge in [0.15, 0.2) is 0 Å². The number of hydrogen-bond acceptors (Lipinski definition) is 4. The SMILES string of the molecule is Cc1ccc(CCC(=O)N2CCN(C(=O)c3cc(O)cc(O)c3)CC2)cc1. The van der Waals surface area contributed by atoms with Crippen LogP contribution in [0.1, 0.15) is 27.9 Å². The van der Waals surface area contributed by atoms with Gasteiger partial charge in [0.05, 0.1) is 0 Å². The molecule has 2 aromatic rings. The fourth-order valence-electron chi connectivity index (χ4n) is 3.22. The molecule has 3 rings (SSSR count). The largest absolute Gasteiger partial charge is 0.508 e. The number of hydrogen-bond donors (Lipinski definition) is 2. The van der Waals surface area contributed by atoms with Crippen molar-refractivity contribution < 1.29 is 19.8 Å². The van der Waals surface area contributed by atoms with Gasteiger partial charge in [-0.05, 0) is 31.0 Å². The van der Waals surface area contributed by atoms with E-state index in [9.17, 15) is 19.8 Å². The van der Waals surface area contributed by atoms with Gasteiger partial charge in [-0.3, -0.25) is 9.59 Å². The van der Waals surface area contributed by atoms with Crippen molar-refractivity contribution in [1.29, 1.82) is 0 Å². The highest BCUT2D eigenvalue weighted by atomic mass is 16.3. The quantitative estimate of drug-likeness (QED) is 0.868. The summed E-state index contributed by atoms with van der Waals surface area (Å²) in [6.45, 7) is 3.89. The molecule has 6 heteroatoms. The van der Waals surface area contributed by atoms with Gasteiger partial charge in [0.25, 0.3) is 5.91 Å². The van der Waals surface area contributed by atoms with E-state index in [0.29, 0.717) is 39.0 Å². The second-order valence-electron chi connectivity index (χ2n) is 6.90. The molecule has 6 nitrogen and oxygen atoms in total. The van der Waals surface area contributed by atoms with E-state index in [1.807, 2.05) is 31.2 Å². The van der Waals surface area contributed by atoms with Crippen molar-refractivity contribution in [1.82, 2.24) is 9.80 Å². The van der Waals surface area contributed by atoms with Gasteiger partial charge >= 0.3 is 0 Å². The number of aromatic hydroxyl groups is 2. The van der Waals surface area contributed by atoms with Crippen LogP contribution in [-0.4, -0.2) is 58.0 Å². The molecule has 2 N–H and O–H groups in total. The Kier molecular flexibility index (Phi) is 5.64. The highest BCUT2D eigenvalue weighted by Crippen LogP contribution is 2.22. The molecular weight excluding hydrogens is 344 g/mol. The lowest BCUT2D eigenvalue weighted by Crippen LogP contribution is -2.50. The van der Waals surface area contributed by atoms with Crippen LogP contribution < -0.4 is 0 Å². The lowest BCUT2D eigenvalue weighted by atomic mass is 10.1. The number of carbonyl (C=O) groups excluding carboxylic acids is 2. The average molecular weight is 368 g/mol. The third-order valence-corrected chi connectivity index (χ3v) is 4.82. The normalized spacial score (nSPS) is 14.3. The maximum Gasteiger partial charge on any atom is 0.254 e. The molecule has 1 fully saturated rings. The van der Waals surface area contributed by atoms with Crippen LogP contribution in [0.4, 0.5) is 0 Å². The van der Waals surface area contributed by atoms with Gasteiger partial charge in [0, 0.05) is 44.2 Å². The van der Waals surface area contributed by atoms with Crippen LogP contribution in [0.5, 0.6) is 11.5 Å². The highest BCUT2D eigenvalue weighted by molar-refractivity contribution is 5.95.